The molecule has 5 N–H and O–H groups in total. The van der Waals surface area contributed by atoms with Crippen LogP contribution in [0.15, 0.2) is 71.6 Å². The second kappa shape index (κ2) is 15.5. The molecule has 1 aliphatic carbocycles. The first-order valence-electron chi connectivity index (χ1n) is 15.6. The Hall–Kier alpha value is -3.47. The van der Waals surface area contributed by atoms with Crippen LogP contribution in [-0.4, -0.2) is 61.4 Å². The van der Waals surface area contributed by atoms with Crippen molar-refractivity contribution in [1.82, 2.24) is 14.9 Å². The number of nitrogens with two attached hydrogens (primary N) is 1. The second-order valence-corrected chi connectivity index (χ2v) is 14.1. The smallest absolute Gasteiger partial charge is 0.243 e. The number of aliphatic hydroxyl groups is 1. The van der Waals surface area contributed by atoms with E-state index in [0.29, 0.717) is 24.9 Å². The van der Waals surface area contributed by atoms with Gasteiger partial charge in [-0.25, -0.2) is 8.42 Å². The third-order valence-corrected chi connectivity index (χ3v) is 10.3. The summed E-state index contributed by atoms with van der Waals surface area (Å²) >= 11 is 0. The third-order valence-electron chi connectivity index (χ3n) is 8.33. The molecule has 0 aliphatic heterocycles. The standard InChI is InChI=1S/C34H46N4O5S/c1-24(2)22-38(44(42,43)30-18-16-28(35)17-19-30)29(23-39)14-8-20-36-34(41)32(37-33(40)26-10-3-4-11-26)21-27-13-7-12-25-9-5-6-15-31(25)27/h5-7,9,12-13,15-19,24,26,29,32,39H,3-4,8,10-11,14,20-23,35H2,1-2H3,(H,36,41)(H,37,40)/t29-,32-/m0/s1. The fourth-order valence-corrected chi connectivity index (χ4v) is 7.76. The zero-order valence-corrected chi connectivity index (χ0v) is 26.6. The number of anilines is 1. The van der Waals surface area contributed by atoms with Gasteiger partial charge in [-0.05, 0) is 72.2 Å². The molecule has 3 aromatic carbocycles. The summed E-state index contributed by atoms with van der Waals surface area (Å²) in [4.78, 5) is 26.7. The maximum atomic E-state index is 13.6. The summed E-state index contributed by atoms with van der Waals surface area (Å²) in [5, 5.41) is 18.4. The molecule has 0 radical (unpaired) electrons. The Morgan fingerprint density at radius 2 is 1.68 bits per heavy atom. The van der Waals surface area contributed by atoms with Gasteiger partial charge in [-0.15, -0.1) is 0 Å². The van der Waals surface area contributed by atoms with Gasteiger partial charge in [-0.2, -0.15) is 4.31 Å². The Labute approximate surface area is 261 Å². The first-order valence-corrected chi connectivity index (χ1v) is 17.1. The molecule has 10 heteroatoms. The molecule has 3 aromatic rings. The summed E-state index contributed by atoms with van der Waals surface area (Å²) in [7, 11) is -3.88. The van der Waals surface area contributed by atoms with Crippen LogP contribution in [0, 0.1) is 11.8 Å². The van der Waals surface area contributed by atoms with Gasteiger partial charge in [0.1, 0.15) is 6.04 Å². The van der Waals surface area contributed by atoms with E-state index in [1.807, 2.05) is 56.3 Å². The molecule has 2 atom stereocenters. The number of nitrogens with zero attached hydrogens (tertiary/aromatic N) is 1. The number of hydrogen-bond acceptors (Lipinski definition) is 6. The van der Waals surface area contributed by atoms with Gasteiger partial charge in [-0.3, -0.25) is 9.59 Å². The van der Waals surface area contributed by atoms with Crippen molar-refractivity contribution in [3.05, 3.63) is 72.3 Å². The molecule has 2 amide bonds. The third kappa shape index (κ3) is 8.58. The highest BCUT2D eigenvalue weighted by atomic mass is 32.2. The van der Waals surface area contributed by atoms with Crippen molar-refractivity contribution in [1.29, 1.82) is 0 Å². The van der Waals surface area contributed by atoms with E-state index in [1.165, 1.54) is 16.4 Å². The molecule has 44 heavy (non-hydrogen) atoms. The van der Waals surface area contributed by atoms with Crippen LogP contribution in [0.1, 0.15) is 57.9 Å². The van der Waals surface area contributed by atoms with Crippen LogP contribution in [0.5, 0.6) is 0 Å². The van der Waals surface area contributed by atoms with Gasteiger partial charge in [-0.1, -0.05) is 69.2 Å². The van der Waals surface area contributed by atoms with E-state index in [4.69, 9.17) is 5.73 Å². The van der Waals surface area contributed by atoms with Crippen molar-refractivity contribution in [3.8, 4) is 0 Å². The fourth-order valence-electron chi connectivity index (χ4n) is 5.95. The molecule has 1 aliphatic rings. The summed E-state index contributed by atoms with van der Waals surface area (Å²) in [5.41, 5.74) is 7.20. The van der Waals surface area contributed by atoms with E-state index in [2.05, 4.69) is 10.6 Å². The molecule has 0 bridgehead atoms. The SMILES string of the molecule is CC(C)CN([C@H](CO)CCCNC(=O)[C@H](Cc1cccc2ccccc12)NC(=O)C1CCCC1)S(=O)(=O)c1ccc(N)cc1. The number of amides is 2. The molecular weight excluding hydrogens is 576 g/mol. The number of carbonyl (C=O) groups is 2. The van der Waals surface area contributed by atoms with Crippen molar-refractivity contribution in [2.45, 2.75) is 75.8 Å². The fraction of sp³-hybridized carbons (Fsp3) is 0.471. The maximum Gasteiger partial charge on any atom is 0.243 e. The summed E-state index contributed by atoms with van der Waals surface area (Å²) in [5.74, 6) is -0.400. The summed E-state index contributed by atoms with van der Waals surface area (Å²) in [6.07, 6.45) is 4.86. The Morgan fingerprint density at radius 1 is 1.00 bits per heavy atom. The summed E-state index contributed by atoms with van der Waals surface area (Å²) in [6.45, 7) is 4.02. The highest BCUT2D eigenvalue weighted by Crippen LogP contribution is 2.26. The Bertz CT molecular complexity index is 1500. The van der Waals surface area contributed by atoms with Crippen LogP contribution in [0.2, 0.25) is 0 Å². The lowest BCUT2D eigenvalue weighted by Gasteiger charge is -2.31. The van der Waals surface area contributed by atoms with Crippen LogP contribution in [0.25, 0.3) is 10.8 Å². The second-order valence-electron chi connectivity index (χ2n) is 12.2. The average molecular weight is 623 g/mol. The predicted octanol–water partition coefficient (Wildman–Crippen LogP) is 4.24. The van der Waals surface area contributed by atoms with Crippen molar-refractivity contribution >= 4 is 38.3 Å². The minimum atomic E-state index is -3.88. The van der Waals surface area contributed by atoms with Gasteiger partial charge in [0.25, 0.3) is 0 Å². The largest absolute Gasteiger partial charge is 0.399 e. The van der Waals surface area contributed by atoms with Gasteiger partial charge < -0.3 is 21.5 Å². The maximum absolute atomic E-state index is 13.6. The Kier molecular flexibility index (Phi) is 11.8. The number of nitrogens with one attached hydrogen (secondary N) is 2. The van der Waals surface area contributed by atoms with E-state index in [-0.39, 0.29) is 48.2 Å². The number of aliphatic hydroxyl groups excluding tert-OH is 1. The normalized spacial score (nSPS) is 15.5. The number of sulfonamides is 1. The summed E-state index contributed by atoms with van der Waals surface area (Å²) < 4.78 is 28.5. The predicted molar refractivity (Wildman–Crippen MR) is 174 cm³/mol. The lowest BCUT2D eigenvalue weighted by molar-refractivity contribution is -0.131. The molecule has 0 unspecified atom stereocenters. The Balaban J connectivity index is 1.43. The van der Waals surface area contributed by atoms with E-state index < -0.39 is 22.1 Å². The summed E-state index contributed by atoms with van der Waals surface area (Å²) in [6, 6.07) is 18.6. The van der Waals surface area contributed by atoms with Crippen molar-refractivity contribution < 1.29 is 23.1 Å². The van der Waals surface area contributed by atoms with E-state index in [0.717, 1.165) is 42.0 Å². The number of carbonyl (C=O) groups excluding carboxylic acids is 2. The quantitative estimate of drug-likeness (QED) is 0.148. The first-order chi connectivity index (χ1) is 21.1. The molecule has 0 spiro atoms. The molecule has 0 saturated heterocycles. The van der Waals surface area contributed by atoms with Gasteiger partial charge in [0.15, 0.2) is 0 Å². The molecule has 9 nitrogen and oxygen atoms in total. The molecule has 0 heterocycles. The van der Waals surface area contributed by atoms with E-state index in [9.17, 15) is 23.1 Å². The highest BCUT2D eigenvalue weighted by molar-refractivity contribution is 7.89. The van der Waals surface area contributed by atoms with Crippen LogP contribution < -0.4 is 16.4 Å². The monoisotopic (exact) mass is 622 g/mol. The first kappa shape index (κ1) is 33.4. The van der Waals surface area contributed by atoms with Crippen molar-refractivity contribution in [3.63, 3.8) is 0 Å². The molecule has 238 valence electrons. The van der Waals surface area contributed by atoms with Crippen LogP contribution >= 0.6 is 0 Å². The number of hydrogen-bond donors (Lipinski definition) is 4. The van der Waals surface area contributed by atoms with E-state index in [1.54, 1.807) is 12.1 Å². The minimum absolute atomic E-state index is 0.0330. The van der Waals surface area contributed by atoms with Crippen LogP contribution in [-0.2, 0) is 26.0 Å². The molecule has 1 fully saturated rings. The van der Waals surface area contributed by atoms with Crippen LogP contribution in [0.3, 0.4) is 0 Å². The van der Waals surface area contributed by atoms with Crippen molar-refractivity contribution in [2.75, 3.05) is 25.4 Å². The number of rotatable bonds is 15. The lowest BCUT2D eigenvalue weighted by atomic mass is 9.97. The van der Waals surface area contributed by atoms with Crippen molar-refractivity contribution in [2.24, 2.45) is 11.8 Å². The minimum Gasteiger partial charge on any atom is -0.399 e. The molecule has 1 saturated carbocycles. The number of fused-ring (bicyclic) bond motifs is 1. The van der Waals surface area contributed by atoms with Gasteiger partial charge >= 0.3 is 0 Å². The van der Waals surface area contributed by atoms with Gasteiger partial charge in [0.2, 0.25) is 21.8 Å². The lowest BCUT2D eigenvalue weighted by Crippen LogP contribution is -2.50. The number of benzene rings is 3. The zero-order valence-electron chi connectivity index (χ0n) is 25.7. The molecule has 0 aromatic heterocycles. The average Bonchev–Trinajstić information content (AvgIpc) is 3.55. The van der Waals surface area contributed by atoms with E-state index >= 15 is 0 Å². The van der Waals surface area contributed by atoms with Gasteiger partial charge in [0.05, 0.1) is 11.5 Å². The van der Waals surface area contributed by atoms with Gasteiger partial charge in [0, 0.05) is 37.2 Å². The molecular formula is C34H46N4O5S. The number of nitrogen functional groups attached to an aromatic ring is 1. The van der Waals surface area contributed by atoms with Crippen LogP contribution in [0.4, 0.5) is 5.69 Å². The highest BCUT2D eigenvalue weighted by Gasteiger charge is 2.32. The topological polar surface area (TPSA) is 142 Å². The zero-order chi connectivity index (χ0) is 31.7. The molecule has 4 rings (SSSR count). The Morgan fingerprint density at radius 3 is 2.36 bits per heavy atom.